The molecule has 4 atom stereocenters. The molecule has 12 heteroatoms. The van der Waals surface area contributed by atoms with Crippen molar-refractivity contribution in [2.24, 2.45) is 16.8 Å². The zero-order valence-corrected chi connectivity index (χ0v) is 16.9. The van der Waals surface area contributed by atoms with Crippen LogP contribution in [-0.4, -0.2) is 80.6 Å². The largest absolute Gasteiger partial charge is 0.366 e. The number of amides is 1. The number of aromatic nitrogens is 1. The van der Waals surface area contributed by atoms with Crippen LogP contribution in [0.5, 0.6) is 0 Å². The third-order valence-electron chi connectivity index (χ3n) is 5.21. The number of carbonyl (C=O) groups is 1. The Kier molecular flexibility index (Phi) is 7.30. The molecule has 5 N–H and O–H groups in total. The molecular formula is C17H26ClFN8O2. The Morgan fingerprint density at radius 3 is 2.83 bits per heavy atom. The van der Waals surface area contributed by atoms with Crippen molar-refractivity contribution in [2.75, 3.05) is 56.5 Å². The van der Waals surface area contributed by atoms with E-state index in [1.807, 2.05) is 0 Å². The van der Waals surface area contributed by atoms with E-state index in [0.29, 0.717) is 16.4 Å². The topological polar surface area (TPSA) is 128 Å². The quantitative estimate of drug-likeness (QED) is 0.464. The first kappa shape index (κ1) is 21.8. The fraction of sp³-hybridized carbons (Fsp3) is 0.647. The minimum absolute atomic E-state index is 0.0646. The van der Waals surface area contributed by atoms with Crippen molar-refractivity contribution in [3.8, 4) is 0 Å². The summed E-state index contributed by atoms with van der Waals surface area (Å²) in [5, 5.41) is 12.3. The first-order valence-electron chi connectivity index (χ1n) is 9.48. The van der Waals surface area contributed by atoms with Crippen LogP contribution in [0.15, 0.2) is 17.6 Å². The summed E-state index contributed by atoms with van der Waals surface area (Å²) in [7, 11) is 1.66. The van der Waals surface area contributed by atoms with Gasteiger partial charge in [0.2, 0.25) is 5.91 Å². The molecule has 10 nitrogen and oxygen atoms in total. The van der Waals surface area contributed by atoms with Crippen molar-refractivity contribution in [2.45, 2.75) is 18.5 Å². The summed E-state index contributed by atoms with van der Waals surface area (Å²) in [4.78, 5) is 32.0. The smallest absolute Gasteiger partial charge is 0.234 e. The lowest BCUT2D eigenvalue weighted by molar-refractivity contribution is -0.124. The molecule has 160 valence electrons. The van der Waals surface area contributed by atoms with Crippen LogP contribution < -0.4 is 26.6 Å². The number of piperazine rings is 1. The molecule has 29 heavy (non-hydrogen) atoms. The second kappa shape index (κ2) is 9.72. The molecule has 1 amide bonds. The predicted octanol–water partition coefficient (Wildman–Crippen LogP) is -0.0503. The van der Waals surface area contributed by atoms with Crippen molar-refractivity contribution in [3.63, 3.8) is 0 Å². The number of nitrogens with one attached hydrogen (secondary N) is 3. The molecule has 2 fully saturated rings. The summed E-state index contributed by atoms with van der Waals surface area (Å²) in [6, 6.07) is 0. The first-order valence-corrected chi connectivity index (χ1v) is 9.86. The van der Waals surface area contributed by atoms with Gasteiger partial charge in [0.1, 0.15) is 12.1 Å². The molecule has 1 aromatic heterocycles. The van der Waals surface area contributed by atoms with Crippen LogP contribution in [0.2, 0.25) is 5.02 Å². The summed E-state index contributed by atoms with van der Waals surface area (Å²) < 4.78 is 13.7. The van der Waals surface area contributed by atoms with Crippen LogP contribution in [0, 0.1) is 10.8 Å². The average molecular weight is 429 g/mol. The highest BCUT2D eigenvalue weighted by Crippen LogP contribution is 2.34. The number of pyridine rings is 1. The number of alkyl halides is 1. The van der Waals surface area contributed by atoms with Crippen molar-refractivity contribution in [1.82, 2.24) is 20.5 Å². The van der Waals surface area contributed by atoms with E-state index < -0.39 is 30.3 Å². The molecule has 0 aliphatic carbocycles. The molecule has 2 aliphatic rings. The monoisotopic (exact) mass is 428 g/mol. The number of nitrogens with zero attached hydrogens (tertiary/aromatic N) is 4. The number of halogens is 2. The molecule has 1 aromatic rings. The van der Waals surface area contributed by atoms with Gasteiger partial charge in [-0.1, -0.05) is 16.8 Å². The summed E-state index contributed by atoms with van der Waals surface area (Å²) in [5.41, 5.74) is 6.94. The SMILES string of the molecule is CN1CC(F)CNC1C(C(=O)Nc1cncc(Cl)c1N1CCNCC1)C(N)N=O. The van der Waals surface area contributed by atoms with Gasteiger partial charge in [-0.05, 0) is 7.05 Å². The van der Waals surface area contributed by atoms with Crippen LogP contribution >= 0.6 is 11.6 Å². The Labute approximate surface area is 173 Å². The van der Waals surface area contributed by atoms with Crippen LogP contribution in [0.25, 0.3) is 0 Å². The Morgan fingerprint density at radius 2 is 2.17 bits per heavy atom. The van der Waals surface area contributed by atoms with E-state index in [9.17, 15) is 14.1 Å². The van der Waals surface area contributed by atoms with Crippen molar-refractivity contribution >= 4 is 28.9 Å². The minimum Gasteiger partial charge on any atom is -0.366 e. The van der Waals surface area contributed by atoms with Gasteiger partial charge in [0.25, 0.3) is 0 Å². The lowest BCUT2D eigenvalue weighted by Gasteiger charge is -2.40. The predicted molar refractivity (Wildman–Crippen MR) is 110 cm³/mol. The maximum absolute atomic E-state index is 13.7. The molecule has 3 rings (SSSR count). The Bertz CT molecular complexity index is 735. The molecule has 3 heterocycles. The maximum atomic E-state index is 13.7. The lowest BCUT2D eigenvalue weighted by atomic mass is 9.98. The number of nitroso groups, excluding NO2 is 1. The number of nitrogens with two attached hydrogens (primary N) is 1. The van der Waals surface area contributed by atoms with Crippen molar-refractivity contribution < 1.29 is 9.18 Å². The summed E-state index contributed by atoms with van der Waals surface area (Å²) in [6.45, 7) is 3.20. The van der Waals surface area contributed by atoms with E-state index in [-0.39, 0.29) is 13.1 Å². The van der Waals surface area contributed by atoms with Crippen molar-refractivity contribution in [3.05, 3.63) is 22.3 Å². The number of hydrogen-bond acceptors (Lipinski definition) is 9. The van der Waals surface area contributed by atoms with Gasteiger partial charge in [-0.3, -0.25) is 20.0 Å². The first-order chi connectivity index (χ1) is 13.9. The van der Waals surface area contributed by atoms with Crippen LogP contribution in [-0.2, 0) is 4.79 Å². The lowest BCUT2D eigenvalue weighted by Crippen LogP contribution is -2.62. The molecule has 0 saturated carbocycles. The summed E-state index contributed by atoms with van der Waals surface area (Å²) >= 11 is 6.37. The molecule has 0 bridgehead atoms. The van der Waals surface area contributed by atoms with Crippen molar-refractivity contribution in [1.29, 1.82) is 0 Å². The molecule has 2 aliphatic heterocycles. The summed E-state index contributed by atoms with van der Waals surface area (Å²) in [5.74, 6) is -1.54. The normalized spacial score (nSPS) is 25.3. The maximum Gasteiger partial charge on any atom is 0.234 e. The Morgan fingerprint density at radius 1 is 1.45 bits per heavy atom. The van der Waals surface area contributed by atoms with Gasteiger partial charge in [0.05, 0.1) is 28.8 Å². The molecule has 0 aromatic carbocycles. The van der Waals surface area contributed by atoms with Gasteiger partial charge in [-0.15, -0.1) is 4.91 Å². The third-order valence-corrected chi connectivity index (χ3v) is 5.48. The highest BCUT2D eigenvalue weighted by atomic mass is 35.5. The highest BCUT2D eigenvalue weighted by Gasteiger charge is 2.40. The zero-order valence-electron chi connectivity index (χ0n) is 16.1. The van der Waals surface area contributed by atoms with E-state index in [2.05, 4.69) is 31.0 Å². The molecule has 2 saturated heterocycles. The second-order valence-corrected chi connectivity index (χ2v) is 7.66. The van der Waals surface area contributed by atoms with Gasteiger partial charge < -0.3 is 21.3 Å². The molecule has 4 unspecified atom stereocenters. The number of carbonyl (C=O) groups excluding carboxylic acids is 1. The number of hydrogen-bond donors (Lipinski definition) is 4. The number of rotatable bonds is 6. The van der Waals surface area contributed by atoms with Crippen LogP contribution in [0.3, 0.4) is 0 Å². The van der Waals surface area contributed by atoms with E-state index in [0.717, 1.165) is 26.2 Å². The Balaban J connectivity index is 1.85. The summed E-state index contributed by atoms with van der Waals surface area (Å²) in [6.07, 6.45) is 0.0123. The van der Waals surface area contributed by atoms with Gasteiger partial charge >= 0.3 is 0 Å². The number of anilines is 2. The highest BCUT2D eigenvalue weighted by molar-refractivity contribution is 6.34. The fourth-order valence-corrected chi connectivity index (χ4v) is 4.07. The van der Waals surface area contributed by atoms with Crippen LogP contribution in [0.1, 0.15) is 0 Å². The van der Waals surface area contributed by atoms with Gasteiger partial charge in [0, 0.05) is 45.5 Å². The third kappa shape index (κ3) is 4.98. The average Bonchev–Trinajstić information content (AvgIpc) is 2.70. The van der Waals surface area contributed by atoms with Gasteiger partial charge in [-0.25, -0.2) is 4.39 Å². The fourth-order valence-electron chi connectivity index (χ4n) is 3.79. The molecule has 0 radical (unpaired) electrons. The Hall–Kier alpha value is -1.92. The zero-order chi connectivity index (χ0) is 21.0. The molecular weight excluding hydrogens is 403 g/mol. The second-order valence-electron chi connectivity index (χ2n) is 7.26. The van der Waals surface area contributed by atoms with E-state index in [1.165, 1.54) is 12.4 Å². The van der Waals surface area contributed by atoms with E-state index in [1.54, 1.807) is 11.9 Å². The van der Waals surface area contributed by atoms with Gasteiger partial charge in [-0.2, -0.15) is 0 Å². The van der Waals surface area contributed by atoms with Crippen LogP contribution in [0.4, 0.5) is 15.8 Å². The standard InChI is InChI=1S/C17H26ClFN8O2/c1-26-9-10(19)6-23-16(26)13(15(20)25-29)17(28)24-12-8-22-7-11(18)14(12)27-4-2-21-3-5-27/h7-8,10,13,15-16,21,23H,2-6,9,20H2,1H3,(H,24,28). The minimum atomic E-state index is -1.30. The molecule has 0 spiro atoms. The van der Waals surface area contributed by atoms with Gasteiger partial charge in [0.15, 0.2) is 6.17 Å². The van der Waals surface area contributed by atoms with E-state index >= 15 is 0 Å². The van der Waals surface area contributed by atoms with E-state index in [4.69, 9.17) is 17.3 Å².